The number of rotatable bonds is 3. The van der Waals surface area contributed by atoms with Crippen LogP contribution in [0.3, 0.4) is 0 Å². The minimum absolute atomic E-state index is 0.00277. The normalized spacial score (nSPS) is 14.6. The smallest absolute Gasteiger partial charge is 0.226 e. The zero-order valence-corrected chi connectivity index (χ0v) is 9.54. The summed E-state index contributed by atoms with van der Waals surface area (Å²) in [5.41, 5.74) is 0.971. The molecule has 2 rings (SSSR count). The summed E-state index contributed by atoms with van der Waals surface area (Å²) >= 11 is 1.59. The van der Waals surface area contributed by atoms with Gasteiger partial charge in [-0.15, -0.1) is 0 Å². The first-order valence-corrected chi connectivity index (χ1v) is 6.04. The van der Waals surface area contributed by atoms with Gasteiger partial charge in [-0.05, 0) is 12.0 Å². The Balaban J connectivity index is 1.75. The standard InChI is InChI=1S/C10H12N4OS/c15-9(14-10-13-3-4-16-10)2-1-8-5-11-7-12-6-8/h5-7H,1-4H2,(H,13,14,15). The van der Waals surface area contributed by atoms with Gasteiger partial charge in [0.05, 0.1) is 6.54 Å². The molecule has 0 bridgehead atoms. The first-order valence-electron chi connectivity index (χ1n) is 5.05. The second-order valence-electron chi connectivity index (χ2n) is 3.33. The molecule has 0 aromatic carbocycles. The van der Waals surface area contributed by atoms with E-state index in [9.17, 15) is 4.79 Å². The number of thioether (sulfide) groups is 1. The fraction of sp³-hybridized carbons (Fsp3) is 0.400. The molecule has 0 fully saturated rings. The third-order valence-corrected chi connectivity index (χ3v) is 2.98. The van der Waals surface area contributed by atoms with Crippen LogP contribution in [0.25, 0.3) is 0 Å². The van der Waals surface area contributed by atoms with Crippen LogP contribution in [-0.4, -0.2) is 33.3 Å². The van der Waals surface area contributed by atoms with E-state index in [-0.39, 0.29) is 5.91 Å². The number of aliphatic imine (C=N–C) groups is 1. The van der Waals surface area contributed by atoms with E-state index in [4.69, 9.17) is 0 Å². The molecule has 6 heteroatoms. The fourth-order valence-electron chi connectivity index (χ4n) is 1.31. The lowest BCUT2D eigenvalue weighted by molar-refractivity contribution is -0.119. The van der Waals surface area contributed by atoms with E-state index < -0.39 is 0 Å². The number of nitrogens with zero attached hydrogens (tertiary/aromatic N) is 3. The zero-order valence-electron chi connectivity index (χ0n) is 8.72. The van der Waals surface area contributed by atoms with Gasteiger partial charge >= 0.3 is 0 Å². The lowest BCUT2D eigenvalue weighted by Gasteiger charge is -2.03. The quantitative estimate of drug-likeness (QED) is 0.835. The lowest BCUT2D eigenvalue weighted by atomic mass is 10.2. The molecule has 0 saturated heterocycles. The van der Waals surface area contributed by atoms with Crippen molar-refractivity contribution in [1.82, 2.24) is 15.3 Å². The number of amides is 1. The number of aryl methyl sites for hydroxylation is 1. The van der Waals surface area contributed by atoms with Crippen molar-refractivity contribution in [1.29, 1.82) is 0 Å². The van der Waals surface area contributed by atoms with Gasteiger partial charge in [-0.25, -0.2) is 9.97 Å². The molecule has 0 saturated carbocycles. The van der Waals surface area contributed by atoms with Gasteiger partial charge in [-0.2, -0.15) is 0 Å². The maximum atomic E-state index is 11.5. The molecule has 1 aliphatic heterocycles. The largest absolute Gasteiger partial charge is 0.305 e. The molecular weight excluding hydrogens is 224 g/mol. The van der Waals surface area contributed by atoms with Crippen molar-refractivity contribution >= 4 is 22.8 Å². The predicted octanol–water partition coefficient (Wildman–Crippen LogP) is 0.628. The Morgan fingerprint density at radius 2 is 2.25 bits per heavy atom. The minimum atomic E-state index is -0.00277. The minimum Gasteiger partial charge on any atom is -0.305 e. The van der Waals surface area contributed by atoms with E-state index in [0.29, 0.717) is 12.8 Å². The fourth-order valence-corrected chi connectivity index (χ4v) is 2.05. The first-order chi connectivity index (χ1) is 7.84. The summed E-state index contributed by atoms with van der Waals surface area (Å²) in [5.74, 6) is 0.958. The number of nitrogens with one attached hydrogen (secondary N) is 1. The van der Waals surface area contributed by atoms with Crippen LogP contribution in [0, 0.1) is 0 Å². The maximum absolute atomic E-state index is 11.5. The molecule has 84 valence electrons. The van der Waals surface area contributed by atoms with Gasteiger partial charge in [0, 0.05) is 24.6 Å². The number of hydrogen-bond acceptors (Lipinski definition) is 5. The van der Waals surface area contributed by atoms with E-state index in [1.54, 1.807) is 24.2 Å². The molecule has 0 aliphatic carbocycles. The highest BCUT2D eigenvalue weighted by molar-refractivity contribution is 8.14. The van der Waals surface area contributed by atoms with Crippen molar-refractivity contribution in [3.8, 4) is 0 Å². The molecule has 1 amide bonds. The first kappa shape index (κ1) is 11.1. The van der Waals surface area contributed by atoms with E-state index in [1.807, 2.05) is 0 Å². The van der Waals surface area contributed by atoms with Crippen molar-refractivity contribution in [3.05, 3.63) is 24.3 Å². The summed E-state index contributed by atoms with van der Waals surface area (Å²) in [6.07, 6.45) is 6.02. The van der Waals surface area contributed by atoms with Gasteiger partial charge < -0.3 is 5.32 Å². The molecule has 1 N–H and O–H groups in total. The van der Waals surface area contributed by atoms with Crippen molar-refractivity contribution in [2.45, 2.75) is 12.8 Å². The summed E-state index contributed by atoms with van der Waals surface area (Å²) in [7, 11) is 0. The molecule has 0 atom stereocenters. The molecule has 1 aliphatic rings. The lowest BCUT2D eigenvalue weighted by Crippen LogP contribution is -2.27. The highest BCUT2D eigenvalue weighted by Crippen LogP contribution is 2.09. The maximum Gasteiger partial charge on any atom is 0.226 e. The SMILES string of the molecule is O=C(CCc1cncnc1)NC1=NCCS1. The highest BCUT2D eigenvalue weighted by Gasteiger charge is 2.10. The Morgan fingerprint density at radius 3 is 2.94 bits per heavy atom. The Labute approximate surface area is 97.8 Å². The Morgan fingerprint density at radius 1 is 1.44 bits per heavy atom. The van der Waals surface area contributed by atoms with Gasteiger partial charge in [0.2, 0.25) is 5.91 Å². The zero-order chi connectivity index (χ0) is 11.2. The number of hydrogen-bond donors (Lipinski definition) is 1. The number of amidine groups is 1. The summed E-state index contributed by atoms with van der Waals surface area (Å²) < 4.78 is 0. The van der Waals surface area contributed by atoms with E-state index in [2.05, 4.69) is 20.3 Å². The molecule has 0 unspecified atom stereocenters. The van der Waals surface area contributed by atoms with Gasteiger partial charge in [0.1, 0.15) is 6.33 Å². The van der Waals surface area contributed by atoms with Crippen LogP contribution in [0.5, 0.6) is 0 Å². The van der Waals surface area contributed by atoms with Crippen molar-refractivity contribution in [2.24, 2.45) is 4.99 Å². The molecular formula is C10H12N4OS. The average Bonchev–Trinajstić information content (AvgIpc) is 2.81. The summed E-state index contributed by atoms with van der Waals surface area (Å²) in [4.78, 5) is 23.5. The van der Waals surface area contributed by atoms with Crippen LogP contribution in [0.15, 0.2) is 23.7 Å². The van der Waals surface area contributed by atoms with Crippen LogP contribution >= 0.6 is 11.8 Å². The third kappa shape index (κ3) is 3.30. The van der Waals surface area contributed by atoms with Crippen LogP contribution in [0.1, 0.15) is 12.0 Å². The predicted molar refractivity (Wildman–Crippen MR) is 63.3 cm³/mol. The van der Waals surface area contributed by atoms with Crippen LogP contribution in [0.4, 0.5) is 0 Å². The number of carbonyl (C=O) groups is 1. The van der Waals surface area contributed by atoms with Gasteiger partial charge in [-0.1, -0.05) is 11.8 Å². The topological polar surface area (TPSA) is 67.2 Å². The van der Waals surface area contributed by atoms with Crippen LogP contribution in [0.2, 0.25) is 0 Å². The molecule has 0 radical (unpaired) electrons. The van der Waals surface area contributed by atoms with Gasteiger partial charge in [0.25, 0.3) is 0 Å². The van der Waals surface area contributed by atoms with Crippen LogP contribution < -0.4 is 5.32 Å². The second kappa shape index (κ2) is 5.60. The van der Waals surface area contributed by atoms with E-state index >= 15 is 0 Å². The van der Waals surface area contributed by atoms with Crippen LogP contribution in [-0.2, 0) is 11.2 Å². The monoisotopic (exact) mass is 236 g/mol. The molecule has 0 spiro atoms. The molecule has 16 heavy (non-hydrogen) atoms. The summed E-state index contributed by atoms with van der Waals surface area (Å²) in [6, 6.07) is 0. The summed E-state index contributed by atoms with van der Waals surface area (Å²) in [6.45, 7) is 0.798. The van der Waals surface area contributed by atoms with Crippen molar-refractivity contribution in [3.63, 3.8) is 0 Å². The number of carbonyl (C=O) groups excluding carboxylic acids is 1. The highest BCUT2D eigenvalue weighted by atomic mass is 32.2. The Kier molecular flexibility index (Phi) is 3.87. The van der Waals surface area contributed by atoms with E-state index in [1.165, 1.54) is 6.33 Å². The van der Waals surface area contributed by atoms with Crippen molar-refractivity contribution < 1.29 is 4.79 Å². The van der Waals surface area contributed by atoms with E-state index in [0.717, 1.165) is 23.0 Å². The molecule has 1 aromatic heterocycles. The third-order valence-electron chi connectivity index (χ3n) is 2.09. The number of aromatic nitrogens is 2. The average molecular weight is 236 g/mol. The van der Waals surface area contributed by atoms with Gasteiger partial charge in [0.15, 0.2) is 5.17 Å². The Hall–Kier alpha value is -1.43. The van der Waals surface area contributed by atoms with Crippen molar-refractivity contribution in [2.75, 3.05) is 12.3 Å². The second-order valence-corrected chi connectivity index (χ2v) is 4.41. The van der Waals surface area contributed by atoms with Gasteiger partial charge in [-0.3, -0.25) is 9.79 Å². The Bertz CT molecular complexity index is 393. The molecule has 2 heterocycles. The summed E-state index contributed by atoms with van der Waals surface area (Å²) in [5, 5.41) is 3.53. The molecule has 5 nitrogen and oxygen atoms in total. The molecule has 1 aromatic rings.